The number of hydrogen-bond acceptors (Lipinski definition) is 4. The van der Waals surface area contributed by atoms with Crippen LogP contribution in [0, 0.1) is 11.7 Å². The number of carbonyl (C=O) groups excluding carboxylic acids is 2. The number of piperidine rings is 1. The lowest BCUT2D eigenvalue weighted by Crippen LogP contribution is -2.50. The minimum Gasteiger partial charge on any atom is -0.480 e. The Hall–Kier alpha value is -2.48. The summed E-state index contributed by atoms with van der Waals surface area (Å²) in [7, 11) is 0. The predicted octanol–water partition coefficient (Wildman–Crippen LogP) is 0.135. The third-order valence-electron chi connectivity index (χ3n) is 4.22. The van der Waals surface area contributed by atoms with E-state index < -0.39 is 23.7 Å². The van der Waals surface area contributed by atoms with Crippen molar-refractivity contribution < 1.29 is 23.9 Å². The van der Waals surface area contributed by atoms with Crippen molar-refractivity contribution in [3.8, 4) is 0 Å². The number of rotatable bonds is 7. The lowest BCUT2D eigenvalue weighted by atomic mass is 9.96. The number of nitrogens with two attached hydrogens (primary N) is 1. The largest absolute Gasteiger partial charge is 0.480 e. The quantitative estimate of drug-likeness (QED) is 0.647. The highest BCUT2D eigenvalue weighted by molar-refractivity contribution is 5.85. The third kappa shape index (κ3) is 5.82. The molecule has 7 nitrogen and oxygen atoms in total. The first kappa shape index (κ1) is 18.9. The number of nitrogens with one attached hydrogen (secondary N) is 1. The van der Waals surface area contributed by atoms with E-state index in [1.807, 2.05) is 0 Å². The number of amides is 2. The van der Waals surface area contributed by atoms with Crippen LogP contribution >= 0.6 is 0 Å². The molecular weight excluding hydrogens is 329 g/mol. The molecule has 1 fully saturated rings. The van der Waals surface area contributed by atoms with Crippen LogP contribution in [-0.2, 0) is 20.8 Å². The van der Waals surface area contributed by atoms with Crippen molar-refractivity contribution >= 4 is 17.8 Å². The highest BCUT2D eigenvalue weighted by Crippen LogP contribution is 2.17. The summed E-state index contributed by atoms with van der Waals surface area (Å²) in [6, 6.07) is 4.39. The molecule has 1 aromatic carbocycles. The summed E-state index contributed by atoms with van der Waals surface area (Å²) in [6.07, 6.45) is 1.43. The van der Waals surface area contributed by atoms with Gasteiger partial charge in [-0.15, -0.1) is 0 Å². The van der Waals surface area contributed by atoms with Gasteiger partial charge >= 0.3 is 5.97 Å². The molecule has 2 rings (SSSR count). The van der Waals surface area contributed by atoms with Crippen molar-refractivity contribution in [2.75, 3.05) is 19.6 Å². The molecule has 1 aliphatic rings. The second-order valence-corrected chi connectivity index (χ2v) is 6.27. The normalized spacial score (nSPS) is 19.2. The Kier molecular flexibility index (Phi) is 6.46. The van der Waals surface area contributed by atoms with Gasteiger partial charge in [0, 0.05) is 13.0 Å². The Bertz CT molecular complexity index is 635. The summed E-state index contributed by atoms with van der Waals surface area (Å²) >= 11 is 0. The van der Waals surface area contributed by atoms with E-state index in [9.17, 15) is 23.9 Å². The van der Waals surface area contributed by atoms with Gasteiger partial charge in [0.15, 0.2) is 0 Å². The van der Waals surface area contributed by atoms with Gasteiger partial charge in [-0.3, -0.25) is 14.5 Å². The summed E-state index contributed by atoms with van der Waals surface area (Å²) in [5.74, 6) is -2.76. The summed E-state index contributed by atoms with van der Waals surface area (Å²) in [5, 5.41) is 11.9. The van der Waals surface area contributed by atoms with Crippen LogP contribution < -0.4 is 11.1 Å². The number of likely N-dealkylation sites (tertiary alicyclic amines) is 1. The molecule has 1 aromatic rings. The van der Waals surface area contributed by atoms with Gasteiger partial charge in [0.05, 0.1) is 12.5 Å². The average molecular weight is 351 g/mol. The number of carboxylic acid groups (broad SMARTS) is 1. The maximum atomic E-state index is 12.9. The maximum absolute atomic E-state index is 12.9. The molecule has 0 aliphatic carbocycles. The van der Waals surface area contributed by atoms with Gasteiger partial charge in [-0.25, -0.2) is 9.18 Å². The standard InChI is InChI=1S/C17H22FN3O4/c18-13-5-3-11(4-6-13)8-14(17(24)25)20-16(23)12-2-1-7-21(9-12)10-15(19)22/h3-6,12,14H,1-2,7-10H2,(H2,19,22)(H,20,23)(H,24,25). The Labute approximate surface area is 145 Å². The first-order valence-electron chi connectivity index (χ1n) is 8.13. The third-order valence-corrected chi connectivity index (χ3v) is 4.22. The van der Waals surface area contributed by atoms with Crippen LogP contribution in [0.25, 0.3) is 0 Å². The van der Waals surface area contributed by atoms with E-state index in [4.69, 9.17) is 5.73 Å². The van der Waals surface area contributed by atoms with Crippen LogP contribution in [0.15, 0.2) is 24.3 Å². The molecule has 0 spiro atoms. The summed E-state index contributed by atoms with van der Waals surface area (Å²) in [6.45, 7) is 1.14. The summed E-state index contributed by atoms with van der Waals surface area (Å²) < 4.78 is 12.9. The molecule has 0 aromatic heterocycles. The molecule has 2 amide bonds. The van der Waals surface area contributed by atoms with Gasteiger partial charge in [-0.1, -0.05) is 12.1 Å². The number of primary amides is 1. The van der Waals surface area contributed by atoms with Gasteiger partial charge in [0.1, 0.15) is 11.9 Å². The molecule has 8 heteroatoms. The van der Waals surface area contributed by atoms with Crippen molar-refractivity contribution in [3.63, 3.8) is 0 Å². The highest BCUT2D eigenvalue weighted by atomic mass is 19.1. The van der Waals surface area contributed by atoms with E-state index >= 15 is 0 Å². The molecule has 1 heterocycles. The summed E-state index contributed by atoms with van der Waals surface area (Å²) in [4.78, 5) is 36.7. The van der Waals surface area contributed by atoms with Gasteiger partial charge in [-0.05, 0) is 37.1 Å². The second kappa shape index (κ2) is 8.57. The van der Waals surface area contributed by atoms with Crippen LogP contribution in [-0.4, -0.2) is 53.5 Å². The zero-order chi connectivity index (χ0) is 18.4. The molecule has 2 atom stereocenters. The number of benzene rings is 1. The van der Waals surface area contributed by atoms with Crippen molar-refractivity contribution in [2.45, 2.75) is 25.3 Å². The molecular formula is C17H22FN3O4. The average Bonchev–Trinajstić information content (AvgIpc) is 2.55. The van der Waals surface area contributed by atoms with E-state index in [0.717, 1.165) is 6.42 Å². The number of hydrogen-bond donors (Lipinski definition) is 3. The Morgan fingerprint density at radius 1 is 1.32 bits per heavy atom. The molecule has 4 N–H and O–H groups in total. The first-order valence-corrected chi connectivity index (χ1v) is 8.13. The molecule has 0 bridgehead atoms. The van der Waals surface area contributed by atoms with Crippen LogP contribution in [0.5, 0.6) is 0 Å². The minimum absolute atomic E-state index is 0.0685. The van der Waals surface area contributed by atoms with Crippen molar-refractivity contribution in [1.82, 2.24) is 10.2 Å². The smallest absolute Gasteiger partial charge is 0.326 e. The number of carboxylic acids is 1. The van der Waals surface area contributed by atoms with Gasteiger partial charge in [0.25, 0.3) is 0 Å². The fourth-order valence-corrected chi connectivity index (χ4v) is 2.98. The number of nitrogens with zero attached hydrogens (tertiary/aromatic N) is 1. The van der Waals surface area contributed by atoms with E-state index in [0.29, 0.717) is 25.1 Å². The fraction of sp³-hybridized carbons (Fsp3) is 0.471. The lowest BCUT2D eigenvalue weighted by molar-refractivity contribution is -0.142. The lowest BCUT2D eigenvalue weighted by Gasteiger charge is -2.31. The molecule has 1 saturated heterocycles. The minimum atomic E-state index is -1.15. The molecule has 2 unspecified atom stereocenters. The fourth-order valence-electron chi connectivity index (χ4n) is 2.98. The van der Waals surface area contributed by atoms with E-state index in [1.54, 1.807) is 4.90 Å². The maximum Gasteiger partial charge on any atom is 0.326 e. The van der Waals surface area contributed by atoms with E-state index in [-0.39, 0.29) is 24.8 Å². The van der Waals surface area contributed by atoms with E-state index in [1.165, 1.54) is 24.3 Å². The van der Waals surface area contributed by atoms with Crippen molar-refractivity contribution in [2.24, 2.45) is 11.7 Å². The first-order chi connectivity index (χ1) is 11.8. The van der Waals surface area contributed by atoms with Crippen molar-refractivity contribution in [1.29, 1.82) is 0 Å². The highest BCUT2D eigenvalue weighted by Gasteiger charge is 2.29. The number of carbonyl (C=O) groups is 3. The zero-order valence-electron chi connectivity index (χ0n) is 13.8. The molecule has 25 heavy (non-hydrogen) atoms. The monoisotopic (exact) mass is 351 g/mol. The Balaban J connectivity index is 1.96. The van der Waals surface area contributed by atoms with Gasteiger partial charge < -0.3 is 16.2 Å². The SMILES string of the molecule is NC(=O)CN1CCCC(C(=O)NC(Cc2ccc(F)cc2)C(=O)O)C1. The van der Waals surface area contributed by atoms with Crippen LogP contribution in [0.2, 0.25) is 0 Å². The molecule has 1 aliphatic heterocycles. The predicted molar refractivity (Wildman–Crippen MR) is 88.0 cm³/mol. The van der Waals surface area contributed by atoms with Crippen LogP contribution in [0.3, 0.4) is 0 Å². The Morgan fingerprint density at radius 2 is 2.00 bits per heavy atom. The van der Waals surface area contributed by atoms with Gasteiger partial charge in [0.2, 0.25) is 11.8 Å². The van der Waals surface area contributed by atoms with Crippen molar-refractivity contribution in [3.05, 3.63) is 35.6 Å². The molecule has 136 valence electrons. The van der Waals surface area contributed by atoms with Crippen LogP contribution in [0.1, 0.15) is 18.4 Å². The molecule has 0 saturated carbocycles. The zero-order valence-corrected chi connectivity index (χ0v) is 13.8. The second-order valence-electron chi connectivity index (χ2n) is 6.27. The van der Waals surface area contributed by atoms with Gasteiger partial charge in [-0.2, -0.15) is 0 Å². The van der Waals surface area contributed by atoms with E-state index in [2.05, 4.69) is 5.32 Å². The summed E-state index contributed by atoms with van der Waals surface area (Å²) in [5.41, 5.74) is 5.79. The number of aliphatic carboxylic acids is 1. The number of halogens is 1. The molecule has 0 radical (unpaired) electrons. The topological polar surface area (TPSA) is 113 Å². The van der Waals surface area contributed by atoms with Crippen LogP contribution in [0.4, 0.5) is 4.39 Å². The Morgan fingerprint density at radius 3 is 2.60 bits per heavy atom.